The van der Waals surface area contributed by atoms with Crippen LogP contribution in [0.2, 0.25) is 0 Å². The monoisotopic (exact) mass is 392 g/mol. The zero-order valence-corrected chi connectivity index (χ0v) is 16.1. The number of hydrogen-bond acceptors (Lipinski definition) is 5. The maximum atomic E-state index is 11.2. The van der Waals surface area contributed by atoms with Crippen molar-refractivity contribution in [1.82, 2.24) is 10.5 Å². The number of carboxylic acids is 1. The van der Waals surface area contributed by atoms with Crippen LogP contribution < -0.4 is 5.32 Å². The highest BCUT2D eigenvalue weighted by atomic mass is 16.5. The Morgan fingerprint density at radius 3 is 2.62 bits per heavy atom. The second kappa shape index (κ2) is 9.03. The third kappa shape index (κ3) is 4.91. The molecule has 3 aromatic rings. The van der Waals surface area contributed by atoms with Crippen LogP contribution in [0.15, 0.2) is 59.1 Å². The van der Waals surface area contributed by atoms with Crippen molar-refractivity contribution in [3.63, 3.8) is 0 Å². The number of carbonyl (C=O) groups is 1. The van der Waals surface area contributed by atoms with Crippen LogP contribution in [0.5, 0.6) is 0 Å². The van der Waals surface area contributed by atoms with Crippen molar-refractivity contribution >= 4 is 5.97 Å². The van der Waals surface area contributed by atoms with Gasteiger partial charge in [0, 0.05) is 37.0 Å². The van der Waals surface area contributed by atoms with Gasteiger partial charge in [0.15, 0.2) is 5.76 Å². The molecule has 1 saturated heterocycles. The first kappa shape index (κ1) is 19.4. The average molecular weight is 392 g/mol. The summed E-state index contributed by atoms with van der Waals surface area (Å²) in [7, 11) is 0. The molecule has 0 saturated carbocycles. The second-order valence-corrected chi connectivity index (χ2v) is 7.35. The number of benzene rings is 2. The molecule has 1 fully saturated rings. The molecule has 0 unspecified atom stereocenters. The molecule has 0 radical (unpaired) electrons. The van der Waals surface area contributed by atoms with Crippen molar-refractivity contribution < 1.29 is 19.2 Å². The van der Waals surface area contributed by atoms with Crippen molar-refractivity contribution in [2.45, 2.75) is 19.4 Å². The van der Waals surface area contributed by atoms with Crippen molar-refractivity contribution in [1.29, 1.82) is 0 Å². The van der Waals surface area contributed by atoms with E-state index in [1.165, 1.54) is 5.56 Å². The molecule has 1 aliphatic heterocycles. The van der Waals surface area contributed by atoms with E-state index in [-0.39, 0.29) is 5.56 Å². The van der Waals surface area contributed by atoms with Crippen LogP contribution in [0.3, 0.4) is 0 Å². The molecule has 6 nitrogen and oxygen atoms in total. The smallest absolute Gasteiger partial charge is 0.335 e. The molecular weight excluding hydrogens is 368 g/mol. The Hall–Kier alpha value is -2.96. The Bertz CT molecular complexity index is 959. The van der Waals surface area contributed by atoms with E-state index in [0.717, 1.165) is 44.7 Å². The molecule has 0 spiro atoms. The molecule has 0 bridgehead atoms. The fraction of sp³-hybridized carbons (Fsp3) is 0.304. The summed E-state index contributed by atoms with van der Waals surface area (Å²) in [4.78, 5) is 11.2. The number of nitrogens with zero attached hydrogens (tertiary/aromatic N) is 1. The minimum atomic E-state index is -0.961. The van der Waals surface area contributed by atoms with E-state index in [9.17, 15) is 4.79 Å². The van der Waals surface area contributed by atoms with Crippen LogP contribution in [-0.4, -0.2) is 36.0 Å². The highest BCUT2D eigenvalue weighted by Crippen LogP contribution is 2.27. The highest BCUT2D eigenvalue weighted by Gasteiger charge is 2.13. The number of aromatic nitrogens is 1. The van der Waals surface area contributed by atoms with Gasteiger partial charge in [0.05, 0.1) is 5.56 Å². The summed E-state index contributed by atoms with van der Waals surface area (Å²) < 4.78 is 10.9. The van der Waals surface area contributed by atoms with E-state index < -0.39 is 5.97 Å². The lowest BCUT2D eigenvalue weighted by Gasteiger charge is -2.22. The van der Waals surface area contributed by atoms with Gasteiger partial charge in [-0.1, -0.05) is 41.6 Å². The van der Waals surface area contributed by atoms with Gasteiger partial charge in [-0.2, -0.15) is 0 Å². The molecule has 2 heterocycles. The molecule has 29 heavy (non-hydrogen) atoms. The molecule has 150 valence electrons. The van der Waals surface area contributed by atoms with Crippen LogP contribution in [-0.2, 0) is 11.3 Å². The Balaban J connectivity index is 1.38. The van der Waals surface area contributed by atoms with E-state index in [1.807, 2.05) is 24.3 Å². The topological polar surface area (TPSA) is 84.6 Å². The molecule has 0 amide bonds. The summed E-state index contributed by atoms with van der Waals surface area (Å²) >= 11 is 0. The average Bonchev–Trinajstić information content (AvgIpc) is 3.25. The molecule has 1 aromatic heterocycles. The van der Waals surface area contributed by atoms with Crippen molar-refractivity contribution in [3.05, 3.63) is 65.7 Å². The van der Waals surface area contributed by atoms with E-state index in [0.29, 0.717) is 22.9 Å². The molecule has 0 aliphatic carbocycles. The standard InChI is InChI=1S/C23H24N2O4/c26-23(27)20-3-1-2-19(12-20)21-13-22(29-25-21)18-6-4-16(5-7-18)14-24-15-17-8-10-28-11-9-17/h1-7,12-13,17,24H,8-11,14-15H2,(H,26,27). The number of carboxylic acid groups (broad SMARTS) is 1. The van der Waals surface area contributed by atoms with Gasteiger partial charge in [-0.15, -0.1) is 0 Å². The molecule has 2 N–H and O–H groups in total. The lowest BCUT2D eigenvalue weighted by molar-refractivity contribution is 0.0662. The molecule has 0 atom stereocenters. The van der Waals surface area contributed by atoms with E-state index in [4.69, 9.17) is 14.4 Å². The number of aromatic carboxylic acids is 1. The normalized spacial score (nSPS) is 14.8. The quantitative estimate of drug-likeness (QED) is 0.626. The Labute approximate surface area is 169 Å². The molecule has 1 aliphatic rings. The van der Waals surface area contributed by atoms with Gasteiger partial charge in [-0.05, 0) is 43.0 Å². The minimum absolute atomic E-state index is 0.227. The van der Waals surface area contributed by atoms with Gasteiger partial charge in [0.2, 0.25) is 0 Å². The van der Waals surface area contributed by atoms with Gasteiger partial charge in [-0.3, -0.25) is 0 Å². The lowest BCUT2D eigenvalue weighted by Crippen LogP contribution is -2.27. The summed E-state index contributed by atoms with van der Waals surface area (Å²) in [6.45, 7) is 3.61. The first-order chi connectivity index (χ1) is 14.2. The fourth-order valence-electron chi connectivity index (χ4n) is 3.52. The predicted octanol–water partition coefficient (Wildman–Crippen LogP) is 4.22. The summed E-state index contributed by atoms with van der Waals surface area (Å²) in [5.74, 6) is 0.397. The highest BCUT2D eigenvalue weighted by molar-refractivity contribution is 5.89. The summed E-state index contributed by atoms with van der Waals surface area (Å²) in [5.41, 5.74) is 3.71. The van der Waals surface area contributed by atoms with Gasteiger partial charge < -0.3 is 19.7 Å². The van der Waals surface area contributed by atoms with Crippen LogP contribution in [0.25, 0.3) is 22.6 Å². The predicted molar refractivity (Wildman–Crippen MR) is 110 cm³/mol. The first-order valence-corrected chi connectivity index (χ1v) is 9.87. The van der Waals surface area contributed by atoms with Crippen molar-refractivity contribution in [2.75, 3.05) is 19.8 Å². The Kier molecular flexibility index (Phi) is 6.03. The molecule has 4 rings (SSSR count). The minimum Gasteiger partial charge on any atom is -0.478 e. The van der Waals surface area contributed by atoms with Crippen LogP contribution in [0.4, 0.5) is 0 Å². The third-order valence-corrected chi connectivity index (χ3v) is 5.26. The van der Waals surface area contributed by atoms with E-state index >= 15 is 0 Å². The summed E-state index contributed by atoms with van der Waals surface area (Å²) in [5, 5.41) is 16.8. The van der Waals surface area contributed by atoms with Crippen molar-refractivity contribution in [3.8, 4) is 22.6 Å². The van der Waals surface area contributed by atoms with Crippen LogP contribution >= 0.6 is 0 Å². The summed E-state index contributed by atoms with van der Waals surface area (Å²) in [6.07, 6.45) is 2.27. The summed E-state index contributed by atoms with van der Waals surface area (Å²) in [6, 6.07) is 16.7. The largest absolute Gasteiger partial charge is 0.478 e. The number of ether oxygens (including phenoxy) is 1. The molecule has 2 aromatic carbocycles. The van der Waals surface area contributed by atoms with Crippen molar-refractivity contribution in [2.24, 2.45) is 5.92 Å². The van der Waals surface area contributed by atoms with Gasteiger partial charge in [-0.25, -0.2) is 4.79 Å². The lowest BCUT2D eigenvalue weighted by atomic mass is 10.0. The number of rotatable bonds is 7. The zero-order valence-electron chi connectivity index (χ0n) is 16.1. The third-order valence-electron chi connectivity index (χ3n) is 5.26. The molecule has 6 heteroatoms. The van der Waals surface area contributed by atoms with E-state index in [2.05, 4.69) is 22.6 Å². The van der Waals surface area contributed by atoms with Gasteiger partial charge in [0.25, 0.3) is 0 Å². The first-order valence-electron chi connectivity index (χ1n) is 9.87. The second-order valence-electron chi connectivity index (χ2n) is 7.35. The number of nitrogens with one attached hydrogen (secondary N) is 1. The Morgan fingerprint density at radius 2 is 1.86 bits per heavy atom. The number of hydrogen-bond donors (Lipinski definition) is 2. The fourth-order valence-corrected chi connectivity index (χ4v) is 3.52. The van der Waals surface area contributed by atoms with Crippen LogP contribution in [0, 0.1) is 5.92 Å². The van der Waals surface area contributed by atoms with Gasteiger partial charge >= 0.3 is 5.97 Å². The van der Waals surface area contributed by atoms with E-state index in [1.54, 1.807) is 18.2 Å². The van der Waals surface area contributed by atoms with Gasteiger partial charge in [0.1, 0.15) is 5.69 Å². The zero-order chi connectivity index (χ0) is 20.1. The Morgan fingerprint density at radius 1 is 1.07 bits per heavy atom. The maximum Gasteiger partial charge on any atom is 0.335 e. The maximum absolute atomic E-state index is 11.2. The van der Waals surface area contributed by atoms with Crippen LogP contribution in [0.1, 0.15) is 28.8 Å². The molecular formula is C23H24N2O4. The SMILES string of the molecule is O=C(O)c1cccc(-c2cc(-c3ccc(CNCC4CCOCC4)cc3)on2)c1.